The Balaban J connectivity index is 1.83. The Morgan fingerprint density at radius 1 is 0.759 bits per heavy atom. The van der Waals surface area contributed by atoms with Crippen molar-refractivity contribution in [3.8, 4) is 11.1 Å². The van der Waals surface area contributed by atoms with Crippen LogP contribution in [0.15, 0.2) is 83.8 Å². The van der Waals surface area contributed by atoms with Gasteiger partial charge in [0.1, 0.15) is 4.90 Å². The molecule has 0 radical (unpaired) electrons. The number of amides is 1. The lowest BCUT2D eigenvalue weighted by molar-refractivity contribution is 0.102. The molecule has 3 rings (SSSR count). The first-order chi connectivity index (χ1) is 13.7. The van der Waals surface area contributed by atoms with Gasteiger partial charge in [-0.3, -0.25) is 4.79 Å². The third kappa shape index (κ3) is 5.31. The molecule has 0 aliphatic rings. The smallest absolute Gasteiger partial charge is 0.255 e. The monoisotopic (exact) mass is 408 g/mol. The van der Waals surface area contributed by atoms with E-state index in [1.165, 1.54) is 6.07 Å². The highest BCUT2D eigenvalue weighted by Gasteiger charge is 2.25. The normalized spacial score (nSPS) is 11.8. The molecule has 0 heterocycles. The van der Waals surface area contributed by atoms with Crippen LogP contribution in [0.25, 0.3) is 11.1 Å². The summed E-state index contributed by atoms with van der Waals surface area (Å²) < 4.78 is 28.1. The molecule has 2 N–H and O–H groups in total. The van der Waals surface area contributed by atoms with Crippen LogP contribution < -0.4 is 10.0 Å². The number of carbonyl (C=O) groups is 1. The fourth-order valence-electron chi connectivity index (χ4n) is 2.90. The standard InChI is InChI=1S/C23H24N2O3S/c1-23(2,3)25-29(27,28)21-12-8-7-11-20(21)24-22(26)19-15-13-18(14-16-19)17-9-5-4-6-10-17/h4-16,25H,1-3H3,(H,24,26). The van der Waals surface area contributed by atoms with Gasteiger partial charge in [0.2, 0.25) is 10.0 Å². The highest BCUT2D eigenvalue weighted by Crippen LogP contribution is 2.24. The Morgan fingerprint density at radius 3 is 1.93 bits per heavy atom. The van der Waals surface area contributed by atoms with Gasteiger partial charge in [0.05, 0.1) is 5.69 Å². The molecule has 0 aliphatic carbocycles. The van der Waals surface area contributed by atoms with Gasteiger partial charge in [-0.1, -0.05) is 54.6 Å². The first-order valence-corrected chi connectivity index (χ1v) is 10.7. The van der Waals surface area contributed by atoms with Crippen LogP contribution in [0.1, 0.15) is 31.1 Å². The van der Waals surface area contributed by atoms with Crippen LogP contribution >= 0.6 is 0 Å². The molecular weight excluding hydrogens is 384 g/mol. The summed E-state index contributed by atoms with van der Waals surface area (Å²) in [7, 11) is -3.78. The predicted molar refractivity (Wildman–Crippen MR) is 116 cm³/mol. The Bertz CT molecular complexity index is 1100. The Hall–Kier alpha value is -2.96. The van der Waals surface area contributed by atoms with Crippen molar-refractivity contribution in [3.05, 3.63) is 84.4 Å². The summed E-state index contributed by atoms with van der Waals surface area (Å²) in [5, 5.41) is 2.72. The molecule has 150 valence electrons. The molecule has 0 atom stereocenters. The molecule has 1 amide bonds. The maximum atomic E-state index is 12.7. The second kappa shape index (κ2) is 8.19. The first-order valence-electron chi connectivity index (χ1n) is 9.26. The van der Waals surface area contributed by atoms with Gasteiger partial charge in [0.25, 0.3) is 5.91 Å². The molecule has 0 unspecified atom stereocenters. The van der Waals surface area contributed by atoms with Crippen molar-refractivity contribution in [2.24, 2.45) is 0 Å². The van der Waals surface area contributed by atoms with Gasteiger partial charge in [-0.15, -0.1) is 0 Å². The molecule has 0 saturated heterocycles. The van der Waals surface area contributed by atoms with Crippen molar-refractivity contribution in [1.82, 2.24) is 4.72 Å². The van der Waals surface area contributed by atoms with Crippen LogP contribution in [0, 0.1) is 0 Å². The van der Waals surface area contributed by atoms with Crippen molar-refractivity contribution >= 4 is 21.6 Å². The molecule has 0 bridgehead atoms. The third-order valence-corrected chi connectivity index (χ3v) is 5.94. The summed E-state index contributed by atoms with van der Waals surface area (Å²) >= 11 is 0. The predicted octanol–water partition coefficient (Wildman–Crippen LogP) is 4.68. The SMILES string of the molecule is CC(C)(C)NS(=O)(=O)c1ccccc1NC(=O)c1ccc(-c2ccccc2)cc1. The maximum absolute atomic E-state index is 12.7. The van der Waals surface area contributed by atoms with E-state index >= 15 is 0 Å². The molecule has 0 aromatic heterocycles. The topological polar surface area (TPSA) is 75.3 Å². The number of hydrogen-bond acceptors (Lipinski definition) is 3. The van der Waals surface area contributed by atoms with Crippen molar-refractivity contribution in [1.29, 1.82) is 0 Å². The summed E-state index contributed by atoms with van der Waals surface area (Å²) in [4.78, 5) is 12.7. The molecule has 3 aromatic rings. The third-order valence-electron chi connectivity index (χ3n) is 4.12. The Labute approximate surface area is 171 Å². The number of carbonyl (C=O) groups excluding carboxylic acids is 1. The second-order valence-electron chi connectivity index (χ2n) is 7.75. The number of nitrogens with one attached hydrogen (secondary N) is 2. The number of sulfonamides is 1. The molecule has 0 aliphatic heterocycles. The summed E-state index contributed by atoms with van der Waals surface area (Å²) in [6, 6.07) is 23.4. The van der Waals surface area contributed by atoms with E-state index in [1.54, 1.807) is 51.1 Å². The minimum Gasteiger partial charge on any atom is -0.321 e. The summed E-state index contributed by atoms with van der Waals surface area (Å²) in [5.74, 6) is -0.372. The zero-order chi connectivity index (χ0) is 21.1. The van der Waals surface area contributed by atoms with Crippen LogP contribution in [-0.2, 0) is 10.0 Å². The highest BCUT2D eigenvalue weighted by molar-refractivity contribution is 7.89. The summed E-state index contributed by atoms with van der Waals surface area (Å²) in [5.41, 5.74) is 2.11. The van der Waals surface area contributed by atoms with Crippen molar-refractivity contribution in [3.63, 3.8) is 0 Å². The highest BCUT2D eigenvalue weighted by atomic mass is 32.2. The summed E-state index contributed by atoms with van der Waals surface area (Å²) in [6.07, 6.45) is 0. The fraction of sp³-hybridized carbons (Fsp3) is 0.174. The van der Waals surface area contributed by atoms with Gasteiger partial charge in [-0.25, -0.2) is 13.1 Å². The molecule has 29 heavy (non-hydrogen) atoms. The molecule has 0 spiro atoms. The van der Waals surface area contributed by atoms with Crippen LogP contribution in [-0.4, -0.2) is 19.9 Å². The zero-order valence-electron chi connectivity index (χ0n) is 16.6. The lowest BCUT2D eigenvalue weighted by atomic mass is 10.0. The molecule has 0 fully saturated rings. The number of para-hydroxylation sites is 1. The molecular formula is C23H24N2O3S. The molecule has 6 heteroatoms. The molecule has 5 nitrogen and oxygen atoms in total. The van der Waals surface area contributed by atoms with Crippen LogP contribution in [0.4, 0.5) is 5.69 Å². The largest absolute Gasteiger partial charge is 0.321 e. The Morgan fingerprint density at radius 2 is 1.31 bits per heavy atom. The minimum atomic E-state index is -3.78. The molecule has 3 aromatic carbocycles. The first kappa shape index (κ1) is 20.8. The van der Waals surface area contributed by atoms with Gasteiger partial charge in [-0.2, -0.15) is 0 Å². The van der Waals surface area contributed by atoms with E-state index in [2.05, 4.69) is 10.0 Å². The van der Waals surface area contributed by atoms with E-state index in [0.29, 0.717) is 5.56 Å². The van der Waals surface area contributed by atoms with Gasteiger partial charge in [-0.05, 0) is 56.2 Å². The number of anilines is 1. The van der Waals surface area contributed by atoms with Crippen molar-refractivity contribution < 1.29 is 13.2 Å². The minimum absolute atomic E-state index is 0.0316. The summed E-state index contributed by atoms with van der Waals surface area (Å²) in [6.45, 7) is 5.29. The molecule has 0 saturated carbocycles. The quantitative estimate of drug-likeness (QED) is 0.643. The number of hydrogen-bond donors (Lipinski definition) is 2. The maximum Gasteiger partial charge on any atom is 0.255 e. The lowest BCUT2D eigenvalue weighted by Gasteiger charge is -2.21. The number of rotatable bonds is 5. The fourth-order valence-corrected chi connectivity index (χ4v) is 4.48. The average molecular weight is 409 g/mol. The van der Waals surface area contributed by atoms with Gasteiger partial charge >= 0.3 is 0 Å². The zero-order valence-corrected chi connectivity index (χ0v) is 17.5. The van der Waals surface area contributed by atoms with E-state index in [-0.39, 0.29) is 16.5 Å². The van der Waals surface area contributed by atoms with E-state index in [1.807, 2.05) is 42.5 Å². The van der Waals surface area contributed by atoms with E-state index in [0.717, 1.165) is 11.1 Å². The van der Waals surface area contributed by atoms with Gasteiger partial charge < -0.3 is 5.32 Å². The van der Waals surface area contributed by atoms with E-state index in [4.69, 9.17) is 0 Å². The van der Waals surface area contributed by atoms with Crippen molar-refractivity contribution in [2.45, 2.75) is 31.2 Å². The van der Waals surface area contributed by atoms with Gasteiger partial charge in [0.15, 0.2) is 0 Å². The van der Waals surface area contributed by atoms with Gasteiger partial charge in [0, 0.05) is 11.1 Å². The number of benzene rings is 3. The Kier molecular flexibility index (Phi) is 5.86. The second-order valence-corrected chi connectivity index (χ2v) is 9.40. The van der Waals surface area contributed by atoms with Crippen molar-refractivity contribution in [2.75, 3.05) is 5.32 Å². The average Bonchev–Trinajstić information content (AvgIpc) is 2.67. The van der Waals surface area contributed by atoms with Crippen LogP contribution in [0.5, 0.6) is 0 Å². The van der Waals surface area contributed by atoms with Crippen LogP contribution in [0.2, 0.25) is 0 Å². The lowest BCUT2D eigenvalue weighted by Crippen LogP contribution is -2.40. The van der Waals surface area contributed by atoms with Crippen LogP contribution in [0.3, 0.4) is 0 Å². The van der Waals surface area contributed by atoms with E-state index < -0.39 is 15.6 Å². The van der Waals surface area contributed by atoms with E-state index in [9.17, 15) is 13.2 Å².